The van der Waals surface area contributed by atoms with Crippen molar-refractivity contribution in [3.05, 3.63) is 35.9 Å². The number of ether oxygens (including phenoxy) is 1. The number of halogens is 3. The lowest BCUT2D eigenvalue weighted by molar-refractivity contribution is -0.132. The van der Waals surface area contributed by atoms with Crippen molar-refractivity contribution < 1.29 is 17.9 Å². The highest BCUT2D eigenvalue weighted by atomic mass is 19.4. The highest BCUT2D eigenvalue weighted by molar-refractivity contribution is 5.80. The van der Waals surface area contributed by atoms with Gasteiger partial charge in [-0.15, -0.1) is 0 Å². The molecule has 0 radical (unpaired) electrons. The normalized spacial score (nSPS) is 18.6. The van der Waals surface area contributed by atoms with Crippen molar-refractivity contribution in [3.8, 4) is 0 Å². The molecule has 1 aromatic rings. The maximum atomic E-state index is 12.3. The third-order valence-corrected chi connectivity index (χ3v) is 4.04. The Hall–Kier alpha value is -1.76. The van der Waals surface area contributed by atoms with Gasteiger partial charge in [-0.3, -0.25) is 4.99 Å². The predicted octanol–water partition coefficient (Wildman–Crippen LogP) is 3.44. The van der Waals surface area contributed by atoms with E-state index in [1.807, 2.05) is 42.2 Å². The Bertz CT molecular complexity index is 534. The number of benzene rings is 1. The van der Waals surface area contributed by atoms with Crippen LogP contribution in [0.3, 0.4) is 0 Å². The average Bonchev–Trinajstić information content (AvgIpc) is 3.03. The number of guanidine groups is 1. The number of rotatable bonds is 7. The van der Waals surface area contributed by atoms with Crippen molar-refractivity contribution in [2.45, 2.75) is 32.5 Å². The van der Waals surface area contributed by atoms with Crippen LogP contribution in [-0.2, 0) is 11.3 Å². The maximum absolute atomic E-state index is 12.3. The van der Waals surface area contributed by atoms with Crippen molar-refractivity contribution in [3.63, 3.8) is 0 Å². The zero-order valence-electron chi connectivity index (χ0n) is 14.6. The second-order valence-corrected chi connectivity index (χ2v) is 6.20. The molecular formula is C18H26F3N3O. The standard InChI is InChI=1S/C18H26F3N3O/c1-2-22-17(23-10-9-18(19,20)21)24-11-8-16(12-24)14-25-13-15-6-4-3-5-7-15/h3-7,16H,2,8-14H2,1H3,(H,22,23). The van der Waals surface area contributed by atoms with Crippen LogP contribution in [0.2, 0.25) is 0 Å². The van der Waals surface area contributed by atoms with Crippen molar-refractivity contribution in [1.82, 2.24) is 10.2 Å². The van der Waals surface area contributed by atoms with E-state index in [4.69, 9.17) is 4.74 Å². The zero-order chi connectivity index (χ0) is 18.1. The third kappa shape index (κ3) is 7.34. The molecule has 0 aromatic heterocycles. The van der Waals surface area contributed by atoms with Gasteiger partial charge in [-0.1, -0.05) is 30.3 Å². The van der Waals surface area contributed by atoms with Gasteiger partial charge in [-0.25, -0.2) is 0 Å². The Labute approximate surface area is 147 Å². The number of hydrogen-bond acceptors (Lipinski definition) is 2. The van der Waals surface area contributed by atoms with Crippen LogP contribution in [0.15, 0.2) is 35.3 Å². The molecular weight excluding hydrogens is 331 g/mol. The molecule has 25 heavy (non-hydrogen) atoms. The van der Waals surface area contributed by atoms with E-state index in [2.05, 4.69) is 10.3 Å². The minimum atomic E-state index is -4.17. The van der Waals surface area contributed by atoms with Gasteiger partial charge >= 0.3 is 6.18 Å². The molecule has 1 aromatic carbocycles. The fraction of sp³-hybridized carbons (Fsp3) is 0.611. The fourth-order valence-electron chi connectivity index (χ4n) is 2.79. The van der Waals surface area contributed by atoms with E-state index >= 15 is 0 Å². The summed E-state index contributed by atoms with van der Waals surface area (Å²) in [6.45, 7) is 5.08. The molecule has 1 heterocycles. The first-order valence-corrected chi connectivity index (χ1v) is 8.69. The Morgan fingerprint density at radius 3 is 2.76 bits per heavy atom. The fourth-order valence-corrected chi connectivity index (χ4v) is 2.79. The molecule has 1 unspecified atom stereocenters. The van der Waals surface area contributed by atoms with Gasteiger partial charge in [-0.2, -0.15) is 13.2 Å². The zero-order valence-corrected chi connectivity index (χ0v) is 14.6. The summed E-state index contributed by atoms with van der Waals surface area (Å²) in [6, 6.07) is 9.99. The van der Waals surface area contributed by atoms with Gasteiger partial charge in [0, 0.05) is 25.6 Å². The van der Waals surface area contributed by atoms with Gasteiger partial charge in [0.05, 0.1) is 26.2 Å². The first-order valence-electron chi connectivity index (χ1n) is 8.69. The molecule has 0 bridgehead atoms. The summed E-state index contributed by atoms with van der Waals surface area (Å²) in [7, 11) is 0. The van der Waals surface area contributed by atoms with Crippen molar-refractivity contribution in [2.75, 3.05) is 32.8 Å². The lowest BCUT2D eigenvalue weighted by Gasteiger charge is -2.22. The van der Waals surface area contributed by atoms with Crippen LogP contribution in [0.25, 0.3) is 0 Å². The van der Waals surface area contributed by atoms with Gasteiger partial charge in [0.25, 0.3) is 0 Å². The number of nitrogens with one attached hydrogen (secondary N) is 1. The van der Waals surface area contributed by atoms with E-state index in [1.54, 1.807) is 0 Å². The summed E-state index contributed by atoms with van der Waals surface area (Å²) in [4.78, 5) is 6.14. The summed E-state index contributed by atoms with van der Waals surface area (Å²) >= 11 is 0. The molecule has 0 saturated carbocycles. The van der Waals surface area contributed by atoms with Crippen molar-refractivity contribution >= 4 is 5.96 Å². The number of aliphatic imine (C=N–C) groups is 1. The predicted molar refractivity (Wildman–Crippen MR) is 92.4 cm³/mol. The van der Waals surface area contributed by atoms with Crippen LogP contribution < -0.4 is 5.32 Å². The maximum Gasteiger partial charge on any atom is 0.390 e. The van der Waals surface area contributed by atoms with Gasteiger partial charge in [0.1, 0.15) is 0 Å². The van der Waals surface area contributed by atoms with E-state index in [0.29, 0.717) is 31.6 Å². The molecule has 7 heteroatoms. The van der Waals surface area contributed by atoms with Crippen LogP contribution in [0, 0.1) is 5.92 Å². The molecule has 1 fully saturated rings. The monoisotopic (exact) mass is 357 g/mol. The summed E-state index contributed by atoms with van der Waals surface area (Å²) in [5.41, 5.74) is 1.14. The number of nitrogens with zero attached hydrogens (tertiary/aromatic N) is 2. The number of hydrogen-bond donors (Lipinski definition) is 1. The Morgan fingerprint density at radius 1 is 1.32 bits per heavy atom. The SMILES string of the molecule is CCNC(=NCCC(F)(F)F)N1CCC(COCc2ccccc2)C1. The van der Waals surface area contributed by atoms with Gasteiger partial charge in [-0.05, 0) is 18.9 Å². The molecule has 4 nitrogen and oxygen atoms in total. The van der Waals surface area contributed by atoms with Crippen LogP contribution in [-0.4, -0.2) is 49.8 Å². The molecule has 0 spiro atoms. The minimum Gasteiger partial charge on any atom is -0.376 e. The topological polar surface area (TPSA) is 36.9 Å². The Morgan fingerprint density at radius 2 is 2.08 bits per heavy atom. The molecule has 1 saturated heterocycles. The third-order valence-electron chi connectivity index (χ3n) is 4.04. The Kier molecular flexibility index (Phi) is 7.55. The van der Waals surface area contributed by atoms with Crippen LogP contribution in [0.1, 0.15) is 25.3 Å². The summed E-state index contributed by atoms with van der Waals surface area (Å²) in [5, 5.41) is 3.08. The smallest absolute Gasteiger partial charge is 0.376 e. The number of alkyl halides is 3. The van der Waals surface area contributed by atoms with Gasteiger partial charge < -0.3 is 15.0 Å². The number of likely N-dealkylation sites (tertiary alicyclic amines) is 1. The molecule has 2 rings (SSSR count). The van der Waals surface area contributed by atoms with E-state index in [-0.39, 0.29) is 6.54 Å². The quantitative estimate of drug-likeness (QED) is 0.600. The van der Waals surface area contributed by atoms with Crippen molar-refractivity contribution in [2.24, 2.45) is 10.9 Å². The van der Waals surface area contributed by atoms with E-state index in [9.17, 15) is 13.2 Å². The lowest BCUT2D eigenvalue weighted by atomic mass is 10.1. The second kappa shape index (κ2) is 9.65. The molecule has 0 amide bonds. The van der Waals surface area contributed by atoms with E-state index in [0.717, 1.165) is 25.1 Å². The largest absolute Gasteiger partial charge is 0.390 e. The lowest BCUT2D eigenvalue weighted by Crippen LogP contribution is -2.40. The van der Waals surface area contributed by atoms with E-state index < -0.39 is 12.6 Å². The molecule has 0 aliphatic carbocycles. The van der Waals surface area contributed by atoms with Gasteiger partial charge in [0.15, 0.2) is 5.96 Å². The Balaban J connectivity index is 1.77. The van der Waals surface area contributed by atoms with Crippen molar-refractivity contribution in [1.29, 1.82) is 0 Å². The highest BCUT2D eigenvalue weighted by Gasteiger charge is 2.28. The van der Waals surface area contributed by atoms with Gasteiger partial charge in [0.2, 0.25) is 0 Å². The molecule has 1 aliphatic heterocycles. The summed E-state index contributed by atoms with van der Waals surface area (Å²) < 4.78 is 42.7. The highest BCUT2D eigenvalue weighted by Crippen LogP contribution is 2.20. The molecule has 140 valence electrons. The van der Waals surface area contributed by atoms with Crippen LogP contribution >= 0.6 is 0 Å². The average molecular weight is 357 g/mol. The first-order chi connectivity index (χ1) is 12.0. The van der Waals surface area contributed by atoms with E-state index in [1.165, 1.54) is 0 Å². The van der Waals surface area contributed by atoms with Crippen LogP contribution in [0.4, 0.5) is 13.2 Å². The molecule has 1 N–H and O–H groups in total. The molecule has 1 aliphatic rings. The minimum absolute atomic E-state index is 0.239. The molecule has 1 atom stereocenters. The first kappa shape index (κ1) is 19.6. The second-order valence-electron chi connectivity index (χ2n) is 6.20. The summed E-state index contributed by atoms with van der Waals surface area (Å²) in [6.07, 6.45) is -4.10. The van der Waals surface area contributed by atoms with Crippen LogP contribution in [0.5, 0.6) is 0 Å². The summed E-state index contributed by atoms with van der Waals surface area (Å²) in [5.74, 6) is 0.937.